The van der Waals surface area contributed by atoms with Crippen molar-refractivity contribution < 1.29 is 4.74 Å². The number of hydrogen-bond donors (Lipinski definition) is 1. The number of rotatable bonds is 2. The van der Waals surface area contributed by atoms with E-state index in [-0.39, 0.29) is 0 Å². The van der Waals surface area contributed by atoms with Crippen LogP contribution in [0.15, 0.2) is 0 Å². The Morgan fingerprint density at radius 1 is 1.50 bits per heavy atom. The predicted octanol–water partition coefficient (Wildman–Crippen LogP) is 0.279. The molecule has 0 saturated carbocycles. The molecule has 0 aromatic rings. The van der Waals surface area contributed by atoms with Crippen molar-refractivity contribution >= 4 is 0 Å². The van der Waals surface area contributed by atoms with Crippen LogP contribution in [0.5, 0.6) is 0 Å². The van der Waals surface area contributed by atoms with Crippen molar-refractivity contribution in [2.24, 2.45) is 0 Å². The number of ether oxygens (including phenoxy) is 1. The van der Waals surface area contributed by atoms with Gasteiger partial charge in [-0.15, -0.1) is 0 Å². The molecule has 0 atom stereocenters. The highest BCUT2D eigenvalue weighted by Crippen LogP contribution is 2.04. The zero-order chi connectivity index (χ0) is 7.23. The van der Waals surface area contributed by atoms with Crippen LogP contribution in [0.3, 0.4) is 0 Å². The first-order chi connectivity index (χ1) is 4.93. The maximum Gasteiger partial charge on any atom is 0.0843 e. The van der Waals surface area contributed by atoms with Gasteiger partial charge in [0.15, 0.2) is 0 Å². The summed E-state index contributed by atoms with van der Waals surface area (Å²) in [5, 5.41) is 11.4. The smallest absolute Gasteiger partial charge is 0.0843 e. The summed E-state index contributed by atoms with van der Waals surface area (Å²) in [7, 11) is 0. The minimum absolute atomic E-state index is 0.463. The number of nitriles is 1. The molecule has 0 aromatic carbocycles. The largest absolute Gasteiger partial charge is 0.381 e. The first-order valence-electron chi connectivity index (χ1n) is 3.61. The van der Waals surface area contributed by atoms with Crippen molar-refractivity contribution in [3.8, 4) is 6.07 Å². The highest BCUT2D eigenvalue weighted by atomic mass is 16.5. The molecule has 10 heavy (non-hydrogen) atoms. The minimum atomic E-state index is 0.463. The van der Waals surface area contributed by atoms with E-state index in [1.54, 1.807) is 0 Å². The Balaban J connectivity index is 2.09. The van der Waals surface area contributed by atoms with Gasteiger partial charge < -0.3 is 10.1 Å². The molecule has 0 aromatic heterocycles. The van der Waals surface area contributed by atoms with E-state index in [1.807, 2.05) is 0 Å². The fourth-order valence-electron chi connectivity index (χ4n) is 1.09. The second-order valence-electron chi connectivity index (χ2n) is 2.43. The molecule has 0 radical (unpaired) electrons. The molecule has 1 rings (SSSR count). The predicted molar refractivity (Wildman–Crippen MR) is 37.5 cm³/mol. The molecule has 1 N–H and O–H groups in total. The molecular formula is C7H12N2O. The van der Waals surface area contributed by atoms with E-state index in [0.717, 1.165) is 26.1 Å². The van der Waals surface area contributed by atoms with Crippen LogP contribution in [0.25, 0.3) is 0 Å². The lowest BCUT2D eigenvalue weighted by Gasteiger charge is -2.21. The van der Waals surface area contributed by atoms with Crippen LogP contribution in [-0.4, -0.2) is 25.8 Å². The summed E-state index contributed by atoms with van der Waals surface area (Å²) in [5.74, 6) is 0. The average molecular weight is 140 g/mol. The van der Waals surface area contributed by atoms with Crippen molar-refractivity contribution in [3.05, 3.63) is 0 Å². The SMILES string of the molecule is N#CCNC1CCOCC1. The van der Waals surface area contributed by atoms with Crippen LogP contribution in [0.2, 0.25) is 0 Å². The van der Waals surface area contributed by atoms with Crippen LogP contribution in [-0.2, 0) is 4.74 Å². The second-order valence-corrected chi connectivity index (χ2v) is 2.43. The first-order valence-corrected chi connectivity index (χ1v) is 3.61. The van der Waals surface area contributed by atoms with Crippen molar-refractivity contribution in [2.75, 3.05) is 19.8 Å². The van der Waals surface area contributed by atoms with Crippen molar-refractivity contribution in [1.82, 2.24) is 5.32 Å². The van der Waals surface area contributed by atoms with Gasteiger partial charge in [-0.3, -0.25) is 0 Å². The normalized spacial score (nSPS) is 20.3. The Morgan fingerprint density at radius 3 is 2.80 bits per heavy atom. The number of nitrogens with one attached hydrogen (secondary N) is 1. The van der Waals surface area contributed by atoms with Crippen molar-refractivity contribution in [2.45, 2.75) is 18.9 Å². The van der Waals surface area contributed by atoms with E-state index in [1.165, 1.54) is 0 Å². The number of hydrogen-bond acceptors (Lipinski definition) is 3. The zero-order valence-electron chi connectivity index (χ0n) is 5.97. The van der Waals surface area contributed by atoms with Crippen LogP contribution >= 0.6 is 0 Å². The van der Waals surface area contributed by atoms with Crippen LogP contribution in [0, 0.1) is 11.3 Å². The molecule has 0 amide bonds. The van der Waals surface area contributed by atoms with Gasteiger partial charge in [-0.1, -0.05) is 0 Å². The molecule has 1 saturated heterocycles. The van der Waals surface area contributed by atoms with E-state index in [0.29, 0.717) is 12.6 Å². The summed E-state index contributed by atoms with van der Waals surface area (Å²) < 4.78 is 5.16. The van der Waals surface area contributed by atoms with Gasteiger partial charge in [0.1, 0.15) is 0 Å². The molecule has 0 unspecified atom stereocenters. The van der Waals surface area contributed by atoms with Gasteiger partial charge in [0, 0.05) is 19.3 Å². The van der Waals surface area contributed by atoms with Gasteiger partial charge >= 0.3 is 0 Å². The zero-order valence-corrected chi connectivity index (χ0v) is 5.97. The average Bonchev–Trinajstić information content (AvgIpc) is 2.03. The lowest BCUT2D eigenvalue weighted by molar-refractivity contribution is 0.0790. The first kappa shape index (κ1) is 7.52. The second kappa shape index (κ2) is 4.26. The quantitative estimate of drug-likeness (QED) is 0.560. The maximum atomic E-state index is 8.25. The molecule has 3 nitrogen and oxygen atoms in total. The lowest BCUT2D eigenvalue weighted by atomic mass is 10.1. The van der Waals surface area contributed by atoms with Gasteiger partial charge in [0.2, 0.25) is 0 Å². The van der Waals surface area contributed by atoms with Crippen molar-refractivity contribution in [1.29, 1.82) is 5.26 Å². The standard InChI is InChI=1S/C7H12N2O/c8-3-4-9-7-1-5-10-6-2-7/h7,9H,1-2,4-6H2. The molecule has 0 spiro atoms. The molecule has 0 bridgehead atoms. The van der Waals surface area contributed by atoms with Crippen molar-refractivity contribution in [3.63, 3.8) is 0 Å². The molecule has 56 valence electrons. The Hall–Kier alpha value is -0.590. The van der Waals surface area contributed by atoms with E-state index < -0.39 is 0 Å². The van der Waals surface area contributed by atoms with Gasteiger partial charge in [-0.05, 0) is 12.8 Å². The number of nitrogens with zero attached hydrogens (tertiary/aromatic N) is 1. The van der Waals surface area contributed by atoms with E-state index >= 15 is 0 Å². The van der Waals surface area contributed by atoms with Gasteiger partial charge in [-0.2, -0.15) is 5.26 Å². The molecule has 1 heterocycles. The lowest BCUT2D eigenvalue weighted by Crippen LogP contribution is -2.34. The molecule has 0 aliphatic carbocycles. The molecular weight excluding hydrogens is 128 g/mol. The molecule has 1 fully saturated rings. The Labute approximate surface area is 61.0 Å². The summed E-state index contributed by atoms with van der Waals surface area (Å²) in [4.78, 5) is 0. The highest BCUT2D eigenvalue weighted by molar-refractivity contribution is 4.78. The molecule has 3 heteroatoms. The monoisotopic (exact) mass is 140 g/mol. The van der Waals surface area contributed by atoms with Gasteiger partial charge in [0.05, 0.1) is 12.6 Å². The summed E-state index contributed by atoms with van der Waals surface area (Å²) >= 11 is 0. The van der Waals surface area contributed by atoms with Gasteiger partial charge in [0.25, 0.3) is 0 Å². The van der Waals surface area contributed by atoms with E-state index in [2.05, 4.69) is 11.4 Å². The Kier molecular flexibility index (Phi) is 3.20. The van der Waals surface area contributed by atoms with Gasteiger partial charge in [-0.25, -0.2) is 0 Å². The Morgan fingerprint density at radius 2 is 2.20 bits per heavy atom. The summed E-state index contributed by atoms with van der Waals surface area (Å²) in [6.07, 6.45) is 2.09. The van der Waals surface area contributed by atoms with Crippen LogP contribution < -0.4 is 5.32 Å². The van der Waals surface area contributed by atoms with Crippen LogP contribution in [0.4, 0.5) is 0 Å². The fraction of sp³-hybridized carbons (Fsp3) is 0.857. The van der Waals surface area contributed by atoms with E-state index in [4.69, 9.17) is 10.00 Å². The minimum Gasteiger partial charge on any atom is -0.381 e. The summed E-state index contributed by atoms with van der Waals surface area (Å²) in [5.41, 5.74) is 0. The Bertz CT molecular complexity index is 124. The van der Waals surface area contributed by atoms with E-state index in [9.17, 15) is 0 Å². The summed E-state index contributed by atoms with van der Waals surface area (Å²) in [6, 6.07) is 2.57. The third kappa shape index (κ3) is 2.34. The third-order valence-corrected chi connectivity index (χ3v) is 1.69. The third-order valence-electron chi connectivity index (χ3n) is 1.69. The highest BCUT2D eigenvalue weighted by Gasteiger charge is 2.11. The molecule has 1 aliphatic rings. The fourth-order valence-corrected chi connectivity index (χ4v) is 1.09. The summed E-state index contributed by atoms with van der Waals surface area (Å²) in [6.45, 7) is 2.14. The van der Waals surface area contributed by atoms with Crippen LogP contribution in [0.1, 0.15) is 12.8 Å². The topological polar surface area (TPSA) is 45.0 Å². The maximum absolute atomic E-state index is 8.25. The molecule has 1 aliphatic heterocycles.